The Morgan fingerprint density at radius 2 is 1.94 bits per heavy atom. The summed E-state index contributed by atoms with van der Waals surface area (Å²) in [6, 6.07) is 5.93. The summed E-state index contributed by atoms with van der Waals surface area (Å²) in [7, 11) is 1.48. The second-order valence-corrected chi connectivity index (χ2v) is 9.51. The Morgan fingerprint density at radius 3 is 2.69 bits per heavy atom. The summed E-state index contributed by atoms with van der Waals surface area (Å²) in [6.07, 6.45) is 6.64. The van der Waals surface area contributed by atoms with Gasteiger partial charge in [-0.1, -0.05) is 0 Å². The maximum absolute atomic E-state index is 15.3. The topological polar surface area (TPSA) is 96.3 Å². The van der Waals surface area contributed by atoms with Gasteiger partial charge in [0.25, 0.3) is 0 Å². The second-order valence-electron chi connectivity index (χ2n) is 9.51. The van der Waals surface area contributed by atoms with Crippen molar-refractivity contribution < 1.29 is 18.6 Å². The number of rotatable bonds is 6. The summed E-state index contributed by atoms with van der Waals surface area (Å²) in [5.74, 6) is 0.229. The van der Waals surface area contributed by atoms with Crippen molar-refractivity contribution in [3.05, 3.63) is 42.5 Å². The number of fused-ring (bicyclic) bond motifs is 2. The largest absolute Gasteiger partial charge is 0.507 e. The van der Waals surface area contributed by atoms with Gasteiger partial charge in [0.05, 0.1) is 24.9 Å². The molecule has 2 N–H and O–H groups in total. The molecule has 8 nitrogen and oxygen atoms in total. The van der Waals surface area contributed by atoms with Crippen molar-refractivity contribution in [2.75, 3.05) is 12.0 Å². The molecule has 2 aromatic heterocycles. The van der Waals surface area contributed by atoms with Crippen molar-refractivity contribution >= 4 is 5.82 Å². The number of aromatic nitrogens is 4. The molecule has 2 saturated heterocycles. The third-order valence-corrected chi connectivity index (χ3v) is 7.25. The Labute approximate surface area is 201 Å². The van der Waals surface area contributed by atoms with E-state index in [1.54, 1.807) is 18.3 Å². The number of nitrogens with zero attached hydrogens (tertiary/aromatic N) is 5. The number of nitrogens with one attached hydrogen (secondary N) is 1. The quantitative estimate of drug-likeness (QED) is 0.552. The maximum atomic E-state index is 15.3. The molecule has 3 aromatic rings. The lowest BCUT2D eigenvalue weighted by atomic mass is 9.96. The lowest BCUT2D eigenvalue weighted by Gasteiger charge is -2.40. The van der Waals surface area contributed by atoms with Gasteiger partial charge in [0, 0.05) is 36.0 Å². The number of alkyl halides is 1. The molecule has 4 atom stereocenters. The number of benzene rings is 1. The normalized spacial score (nSPS) is 25.5. The summed E-state index contributed by atoms with van der Waals surface area (Å²) in [5, 5.41) is 22.5. The molecule has 3 aliphatic rings. The van der Waals surface area contributed by atoms with E-state index in [2.05, 4.69) is 25.5 Å². The van der Waals surface area contributed by atoms with Crippen LogP contribution < -0.4 is 15.0 Å². The smallest absolute Gasteiger partial charge is 0.213 e. The maximum Gasteiger partial charge on any atom is 0.213 e. The number of halogens is 2. The molecule has 1 aromatic carbocycles. The molecule has 1 aliphatic carbocycles. The zero-order chi connectivity index (χ0) is 24.1. The summed E-state index contributed by atoms with van der Waals surface area (Å²) >= 11 is 0. The standard InChI is InChI=1S/C25H26F2N6O2/c1-35-23-8-13(6-7-28-23)16-11-21(34)17(10-18(16)26)25-29-12-22(31-32-25)33(15-3-4-15)20-9-14-2-5-19(30-14)24(20)27/h6-8,10-12,14-15,19-20,24,30,34H,2-5,9H2,1H3. The van der Waals surface area contributed by atoms with Crippen LogP contribution in [0.3, 0.4) is 0 Å². The third-order valence-electron chi connectivity index (χ3n) is 7.25. The summed E-state index contributed by atoms with van der Waals surface area (Å²) in [4.78, 5) is 10.4. The van der Waals surface area contributed by atoms with E-state index in [9.17, 15) is 5.11 Å². The molecule has 2 bridgehead atoms. The number of pyridine rings is 1. The molecule has 2 aliphatic heterocycles. The SMILES string of the molecule is COc1cc(-c2cc(O)c(-c3ncc(N(C4CC4)C4CC5CCC(N5)C4F)nn3)cc2F)ccn1. The van der Waals surface area contributed by atoms with Gasteiger partial charge in [0.15, 0.2) is 11.6 Å². The van der Waals surface area contributed by atoms with Gasteiger partial charge >= 0.3 is 0 Å². The fourth-order valence-electron chi connectivity index (χ4n) is 5.39. The first-order valence-corrected chi connectivity index (χ1v) is 11.9. The third kappa shape index (κ3) is 4.05. The molecule has 0 amide bonds. The van der Waals surface area contributed by atoms with Crippen LogP contribution >= 0.6 is 0 Å². The highest BCUT2D eigenvalue weighted by Crippen LogP contribution is 2.40. The van der Waals surface area contributed by atoms with Crippen LogP contribution in [0.4, 0.5) is 14.6 Å². The van der Waals surface area contributed by atoms with Crippen molar-refractivity contribution in [2.24, 2.45) is 0 Å². The van der Waals surface area contributed by atoms with Crippen molar-refractivity contribution in [1.82, 2.24) is 25.5 Å². The minimum Gasteiger partial charge on any atom is -0.507 e. The van der Waals surface area contributed by atoms with Crippen LogP contribution in [0.2, 0.25) is 0 Å². The molecular weight excluding hydrogens is 454 g/mol. The molecule has 4 heterocycles. The number of methoxy groups -OCH3 is 1. The number of aromatic hydroxyl groups is 1. The summed E-state index contributed by atoms with van der Waals surface area (Å²) in [6.45, 7) is 0. The molecular formula is C25H26F2N6O2. The van der Waals surface area contributed by atoms with E-state index >= 15 is 8.78 Å². The van der Waals surface area contributed by atoms with E-state index < -0.39 is 12.0 Å². The summed E-state index contributed by atoms with van der Waals surface area (Å²) in [5.41, 5.74) is 0.848. The van der Waals surface area contributed by atoms with E-state index in [0.717, 1.165) is 32.1 Å². The second kappa shape index (κ2) is 8.67. The Balaban J connectivity index is 1.28. The lowest BCUT2D eigenvalue weighted by Crippen LogP contribution is -2.57. The first kappa shape index (κ1) is 22.1. The van der Waals surface area contributed by atoms with Gasteiger partial charge in [0.2, 0.25) is 5.88 Å². The number of hydrogen-bond acceptors (Lipinski definition) is 8. The monoisotopic (exact) mass is 480 g/mol. The van der Waals surface area contributed by atoms with Gasteiger partial charge < -0.3 is 20.1 Å². The van der Waals surface area contributed by atoms with Crippen molar-refractivity contribution in [3.8, 4) is 34.1 Å². The molecule has 1 saturated carbocycles. The molecule has 0 spiro atoms. The van der Waals surface area contributed by atoms with Gasteiger partial charge in [-0.3, -0.25) is 0 Å². The Kier molecular flexibility index (Phi) is 5.47. The fourth-order valence-corrected chi connectivity index (χ4v) is 5.39. The number of phenols is 1. The van der Waals surface area contributed by atoms with Gasteiger partial charge in [-0.2, -0.15) is 0 Å². The van der Waals surface area contributed by atoms with Crippen LogP contribution in [-0.4, -0.2) is 62.7 Å². The molecule has 35 heavy (non-hydrogen) atoms. The number of hydrogen-bond donors (Lipinski definition) is 2. The predicted octanol–water partition coefficient (Wildman–Crippen LogP) is 3.65. The Bertz CT molecular complexity index is 1240. The van der Waals surface area contributed by atoms with Gasteiger partial charge in [-0.05, 0) is 55.9 Å². The lowest BCUT2D eigenvalue weighted by molar-refractivity contribution is 0.171. The number of anilines is 1. The number of piperidine rings is 1. The van der Waals surface area contributed by atoms with E-state index in [1.165, 1.54) is 25.4 Å². The molecule has 4 unspecified atom stereocenters. The zero-order valence-electron chi connectivity index (χ0n) is 19.2. The van der Waals surface area contributed by atoms with Gasteiger partial charge in [-0.25, -0.2) is 18.7 Å². The van der Waals surface area contributed by atoms with Crippen LogP contribution in [0.15, 0.2) is 36.7 Å². The van der Waals surface area contributed by atoms with E-state index in [4.69, 9.17) is 4.74 Å². The predicted molar refractivity (Wildman–Crippen MR) is 125 cm³/mol. The average molecular weight is 481 g/mol. The molecule has 10 heteroatoms. The Hall–Kier alpha value is -3.40. The fraction of sp³-hybridized carbons (Fsp3) is 0.440. The van der Waals surface area contributed by atoms with E-state index in [1.807, 2.05) is 4.90 Å². The van der Waals surface area contributed by atoms with Crippen LogP contribution in [0.5, 0.6) is 11.6 Å². The van der Waals surface area contributed by atoms with Crippen LogP contribution in [-0.2, 0) is 0 Å². The molecule has 3 fully saturated rings. The van der Waals surface area contributed by atoms with Gasteiger partial charge in [-0.15, -0.1) is 10.2 Å². The van der Waals surface area contributed by atoms with Crippen molar-refractivity contribution in [3.63, 3.8) is 0 Å². The van der Waals surface area contributed by atoms with Gasteiger partial charge in [0.1, 0.15) is 17.7 Å². The average Bonchev–Trinajstić information content (AvgIpc) is 3.63. The van der Waals surface area contributed by atoms with Crippen LogP contribution in [0.25, 0.3) is 22.5 Å². The number of ether oxygens (including phenoxy) is 1. The molecule has 0 radical (unpaired) electrons. The minimum atomic E-state index is -0.978. The molecule has 6 rings (SSSR count). The highest BCUT2D eigenvalue weighted by Gasteiger charge is 2.48. The van der Waals surface area contributed by atoms with Crippen LogP contribution in [0.1, 0.15) is 32.1 Å². The number of phenolic OH excluding ortho intramolecular Hbond substituents is 1. The first-order valence-electron chi connectivity index (χ1n) is 11.9. The van der Waals surface area contributed by atoms with Crippen LogP contribution in [0, 0.1) is 5.82 Å². The van der Waals surface area contributed by atoms with E-state index in [-0.39, 0.29) is 40.8 Å². The minimum absolute atomic E-state index is 0.0990. The highest BCUT2D eigenvalue weighted by atomic mass is 19.1. The summed E-state index contributed by atoms with van der Waals surface area (Å²) < 4.78 is 35.4. The first-order chi connectivity index (χ1) is 17.0. The Morgan fingerprint density at radius 1 is 1.09 bits per heavy atom. The van der Waals surface area contributed by atoms with Crippen molar-refractivity contribution in [2.45, 2.75) is 62.4 Å². The van der Waals surface area contributed by atoms with E-state index in [0.29, 0.717) is 23.3 Å². The van der Waals surface area contributed by atoms with Crippen molar-refractivity contribution in [1.29, 1.82) is 0 Å². The zero-order valence-corrected chi connectivity index (χ0v) is 19.2. The highest BCUT2D eigenvalue weighted by molar-refractivity contribution is 5.74. The molecule has 182 valence electrons.